The maximum atomic E-state index is 12.5. The molecule has 0 saturated carbocycles. The topological polar surface area (TPSA) is 43.4 Å². The van der Waals surface area contributed by atoms with E-state index in [0.29, 0.717) is 11.1 Å². The minimum Gasteiger partial charge on any atom is -0.451 e. The molecule has 3 aromatic rings. The van der Waals surface area contributed by atoms with E-state index in [0.717, 1.165) is 21.9 Å². The van der Waals surface area contributed by atoms with E-state index in [1.165, 1.54) is 0 Å². The molecule has 0 aliphatic carbocycles. The van der Waals surface area contributed by atoms with Gasteiger partial charge in [-0.15, -0.1) is 0 Å². The molecule has 25 heavy (non-hydrogen) atoms. The van der Waals surface area contributed by atoms with Crippen molar-refractivity contribution in [1.82, 2.24) is 0 Å². The fourth-order valence-corrected chi connectivity index (χ4v) is 2.73. The molecule has 3 nitrogen and oxygen atoms in total. The molecule has 3 aromatic carbocycles. The molecule has 0 aromatic heterocycles. The Morgan fingerprint density at radius 3 is 2.20 bits per heavy atom. The van der Waals surface area contributed by atoms with Gasteiger partial charge in [0.25, 0.3) is 0 Å². The molecule has 0 unspecified atom stereocenters. The van der Waals surface area contributed by atoms with Crippen LogP contribution in [0.2, 0.25) is 0 Å². The first-order chi connectivity index (χ1) is 12.0. The van der Waals surface area contributed by atoms with Crippen molar-refractivity contribution in [2.45, 2.75) is 26.9 Å². The lowest BCUT2D eigenvalue weighted by Gasteiger charge is -2.13. The molecule has 0 radical (unpaired) electrons. The van der Waals surface area contributed by atoms with Crippen molar-refractivity contribution in [2.75, 3.05) is 0 Å². The Morgan fingerprint density at radius 2 is 1.48 bits per heavy atom. The largest absolute Gasteiger partial charge is 0.451 e. The zero-order chi connectivity index (χ0) is 18.0. The molecule has 0 N–H and O–H groups in total. The molecule has 0 saturated heterocycles. The predicted molar refractivity (Wildman–Crippen MR) is 99.1 cm³/mol. The third-order valence-electron chi connectivity index (χ3n) is 4.43. The van der Waals surface area contributed by atoms with Gasteiger partial charge in [-0.25, -0.2) is 4.79 Å². The Morgan fingerprint density at radius 1 is 0.800 bits per heavy atom. The molecule has 0 spiro atoms. The van der Waals surface area contributed by atoms with Gasteiger partial charge in [-0.1, -0.05) is 42.5 Å². The van der Waals surface area contributed by atoms with Gasteiger partial charge in [0.2, 0.25) is 5.78 Å². The highest BCUT2D eigenvalue weighted by molar-refractivity contribution is 6.02. The van der Waals surface area contributed by atoms with Crippen molar-refractivity contribution in [2.24, 2.45) is 0 Å². The zero-order valence-corrected chi connectivity index (χ0v) is 14.6. The Balaban J connectivity index is 1.76. The minimum atomic E-state index is -0.832. The van der Waals surface area contributed by atoms with Crippen molar-refractivity contribution >= 4 is 22.5 Å². The number of Topliss-reactive ketones (excluding diaryl/α,β-unsaturated/α-hetero) is 1. The standard InChI is InChI=1S/C22H20O3/c1-14-8-9-19(12-15(14)2)21(23)16(3)25-22(24)20-11-10-17-6-4-5-7-18(17)13-20/h4-13,16H,1-3H3/t16-/m0/s1. The highest BCUT2D eigenvalue weighted by Gasteiger charge is 2.20. The zero-order valence-electron chi connectivity index (χ0n) is 14.6. The first-order valence-electron chi connectivity index (χ1n) is 8.27. The first kappa shape index (κ1) is 16.9. The van der Waals surface area contributed by atoms with Crippen LogP contribution in [0.25, 0.3) is 10.8 Å². The summed E-state index contributed by atoms with van der Waals surface area (Å²) in [4.78, 5) is 24.9. The number of fused-ring (bicyclic) bond motifs is 1. The molecule has 0 bridgehead atoms. The summed E-state index contributed by atoms with van der Waals surface area (Å²) < 4.78 is 5.38. The molecule has 3 heteroatoms. The van der Waals surface area contributed by atoms with E-state index < -0.39 is 12.1 Å². The maximum absolute atomic E-state index is 12.5. The van der Waals surface area contributed by atoms with Crippen LogP contribution in [0.15, 0.2) is 60.7 Å². The van der Waals surface area contributed by atoms with Gasteiger partial charge in [-0.3, -0.25) is 4.79 Å². The Bertz CT molecular complexity index is 956. The van der Waals surface area contributed by atoms with Crippen LogP contribution in [0.5, 0.6) is 0 Å². The molecule has 0 fully saturated rings. The molecule has 0 aliphatic rings. The van der Waals surface area contributed by atoms with Crippen LogP contribution in [0.1, 0.15) is 38.8 Å². The number of hydrogen-bond acceptors (Lipinski definition) is 3. The third kappa shape index (κ3) is 3.61. The average molecular weight is 332 g/mol. The predicted octanol–water partition coefficient (Wildman–Crippen LogP) is 4.88. The molecule has 3 rings (SSSR count). The average Bonchev–Trinajstić information content (AvgIpc) is 2.62. The normalized spacial score (nSPS) is 12.0. The van der Waals surface area contributed by atoms with Crippen LogP contribution < -0.4 is 0 Å². The second kappa shape index (κ2) is 6.89. The summed E-state index contributed by atoms with van der Waals surface area (Å²) in [5.74, 6) is -0.687. The van der Waals surface area contributed by atoms with E-state index in [2.05, 4.69) is 0 Å². The lowest BCUT2D eigenvalue weighted by Crippen LogP contribution is -2.24. The lowest BCUT2D eigenvalue weighted by atomic mass is 10.0. The molecule has 0 heterocycles. The number of carbonyl (C=O) groups is 2. The molecule has 126 valence electrons. The Kier molecular flexibility index (Phi) is 4.66. The number of hydrogen-bond donors (Lipinski definition) is 0. The second-order valence-electron chi connectivity index (χ2n) is 6.27. The number of esters is 1. The van der Waals surface area contributed by atoms with Gasteiger partial charge >= 0.3 is 5.97 Å². The van der Waals surface area contributed by atoms with Crippen LogP contribution in [0, 0.1) is 13.8 Å². The number of aryl methyl sites for hydroxylation is 2. The number of ether oxygens (including phenoxy) is 1. The van der Waals surface area contributed by atoms with Gasteiger partial charge < -0.3 is 4.74 Å². The van der Waals surface area contributed by atoms with E-state index in [1.807, 2.05) is 56.3 Å². The van der Waals surface area contributed by atoms with Gasteiger partial charge in [0.15, 0.2) is 6.10 Å². The maximum Gasteiger partial charge on any atom is 0.338 e. The summed E-state index contributed by atoms with van der Waals surface area (Å²) in [6.45, 7) is 5.56. The molecule has 1 atom stereocenters. The lowest BCUT2D eigenvalue weighted by molar-refractivity contribution is 0.0319. The number of rotatable bonds is 4. The van der Waals surface area contributed by atoms with Crippen molar-refractivity contribution in [3.63, 3.8) is 0 Å². The summed E-state index contributed by atoms with van der Waals surface area (Å²) in [5, 5.41) is 2.02. The van der Waals surface area contributed by atoms with Gasteiger partial charge in [0, 0.05) is 5.56 Å². The molecule has 0 aliphatic heterocycles. The highest BCUT2D eigenvalue weighted by atomic mass is 16.5. The molecule has 0 amide bonds. The van der Waals surface area contributed by atoms with E-state index in [-0.39, 0.29) is 5.78 Å². The van der Waals surface area contributed by atoms with Crippen molar-refractivity contribution in [1.29, 1.82) is 0 Å². The summed E-state index contributed by atoms with van der Waals surface area (Å²) in [6.07, 6.45) is -0.832. The van der Waals surface area contributed by atoms with Crippen LogP contribution >= 0.6 is 0 Å². The summed E-state index contributed by atoms with van der Waals surface area (Å²) in [7, 11) is 0. The number of carbonyl (C=O) groups excluding carboxylic acids is 2. The SMILES string of the molecule is Cc1ccc(C(=O)[C@H](C)OC(=O)c2ccc3ccccc3c2)cc1C. The van der Waals surface area contributed by atoms with Crippen molar-refractivity contribution in [3.05, 3.63) is 82.9 Å². The van der Waals surface area contributed by atoms with Gasteiger partial charge in [-0.2, -0.15) is 0 Å². The fraction of sp³-hybridized carbons (Fsp3) is 0.182. The summed E-state index contributed by atoms with van der Waals surface area (Å²) in [6, 6.07) is 18.7. The number of benzene rings is 3. The van der Waals surface area contributed by atoms with Gasteiger partial charge in [0.1, 0.15) is 0 Å². The monoisotopic (exact) mass is 332 g/mol. The fourth-order valence-electron chi connectivity index (χ4n) is 2.73. The van der Waals surface area contributed by atoms with Crippen LogP contribution in [0.4, 0.5) is 0 Å². The van der Waals surface area contributed by atoms with Crippen LogP contribution in [-0.4, -0.2) is 17.9 Å². The van der Waals surface area contributed by atoms with E-state index in [4.69, 9.17) is 4.74 Å². The molecular weight excluding hydrogens is 312 g/mol. The van der Waals surface area contributed by atoms with Crippen LogP contribution in [-0.2, 0) is 4.74 Å². The highest BCUT2D eigenvalue weighted by Crippen LogP contribution is 2.18. The first-order valence-corrected chi connectivity index (χ1v) is 8.27. The quantitative estimate of drug-likeness (QED) is 0.505. The minimum absolute atomic E-state index is 0.197. The van der Waals surface area contributed by atoms with E-state index in [1.54, 1.807) is 25.1 Å². The summed E-state index contributed by atoms with van der Waals surface area (Å²) >= 11 is 0. The van der Waals surface area contributed by atoms with Crippen molar-refractivity contribution < 1.29 is 14.3 Å². The Hall–Kier alpha value is -2.94. The number of ketones is 1. The Labute approximate surface area is 147 Å². The second-order valence-corrected chi connectivity index (χ2v) is 6.27. The van der Waals surface area contributed by atoms with Gasteiger partial charge in [0.05, 0.1) is 5.56 Å². The van der Waals surface area contributed by atoms with Crippen molar-refractivity contribution in [3.8, 4) is 0 Å². The smallest absolute Gasteiger partial charge is 0.338 e. The van der Waals surface area contributed by atoms with E-state index in [9.17, 15) is 9.59 Å². The summed E-state index contributed by atoms with van der Waals surface area (Å²) in [5.41, 5.74) is 3.16. The molecular formula is C22H20O3. The third-order valence-corrected chi connectivity index (χ3v) is 4.43. The van der Waals surface area contributed by atoms with E-state index >= 15 is 0 Å². The van der Waals surface area contributed by atoms with Crippen LogP contribution in [0.3, 0.4) is 0 Å². The van der Waals surface area contributed by atoms with Gasteiger partial charge in [-0.05, 0) is 60.9 Å².